The Morgan fingerprint density at radius 1 is 1.32 bits per heavy atom. The van der Waals surface area contributed by atoms with Crippen LogP contribution in [0.15, 0.2) is 18.6 Å². The first-order chi connectivity index (χ1) is 9.22. The normalized spacial score (nSPS) is 11.1. The van der Waals surface area contributed by atoms with Crippen molar-refractivity contribution in [2.75, 3.05) is 6.54 Å². The van der Waals surface area contributed by atoms with Crippen molar-refractivity contribution in [1.29, 1.82) is 0 Å². The summed E-state index contributed by atoms with van der Waals surface area (Å²) in [5.74, 6) is 2.18. The molecule has 2 aromatic rings. The second kappa shape index (κ2) is 6.52. The van der Waals surface area contributed by atoms with E-state index in [1.165, 1.54) is 5.69 Å². The fraction of sp³-hybridized carbons (Fsp3) is 0.571. The van der Waals surface area contributed by atoms with Crippen LogP contribution >= 0.6 is 0 Å². The van der Waals surface area contributed by atoms with Crippen LogP contribution in [0, 0.1) is 6.92 Å². The predicted molar refractivity (Wildman–Crippen MR) is 75.9 cm³/mol. The minimum absolute atomic E-state index is 0.884. The highest BCUT2D eigenvalue weighted by Crippen LogP contribution is 2.07. The number of nitrogens with one attached hydrogen (secondary N) is 1. The van der Waals surface area contributed by atoms with Crippen molar-refractivity contribution in [3.05, 3.63) is 35.9 Å². The molecule has 0 radical (unpaired) electrons. The average Bonchev–Trinajstić information content (AvgIpc) is 2.95. The zero-order chi connectivity index (χ0) is 13.7. The van der Waals surface area contributed by atoms with Gasteiger partial charge in [-0.1, -0.05) is 6.92 Å². The van der Waals surface area contributed by atoms with Crippen molar-refractivity contribution in [2.45, 2.75) is 39.8 Å². The van der Waals surface area contributed by atoms with Crippen LogP contribution < -0.4 is 5.32 Å². The molecule has 0 spiro atoms. The van der Waals surface area contributed by atoms with Crippen LogP contribution in [0.4, 0.5) is 0 Å². The first-order valence-electron chi connectivity index (χ1n) is 6.90. The summed E-state index contributed by atoms with van der Waals surface area (Å²) in [5.41, 5.74) is 1.25. The van der Waals surface area contributed by atoms with Gasteiger partial charge >= 0.3 is 0 Å². The Morgan fingerprint density at radius 3 is 2.84 bits per heavy atom. The van der Waals surface area contributed by atoms with E-state index in [2.05, 4.69) is 38.3 Å². The lowest BCUT2D eigenvalue weighted by Crippen LogP contribution is -2.18. The van der Waals surface area contributed by atoms with Crippen molar-refractivity contribution in [3.8, 4) is 0 Å². The molecular weight excluding hydrogens is 238 g/mol. The minimum atomic E-state index is 0.884. The SMILES string of the molecule is CCCNCc1cnc(C)n1CCc1nccn1C. The van der Waals surface area contributed by atoms with Crippen LogP contribution in [0.2, 0.25) is 0 Å². The van der Waals surface area contributed by atoms with E-state index < -0.39 is 0 Å². The number of nitrogens with zero attached hydrogens (tertiary/aromatic N) is 4. The van der Waals surface area contributed by atoms with Crippen LogP contribution in [0.1, 0.15) is 30.7 Å². The Balaban J connectivity index is 1.99. The highest BCUT2D eigenvalue weighted by molar-refractivity contribution is 5.05. The van der Waals surface area contributed by atoms with Gasteiger partial charge in [0.15, 0.2) is 0 Å². The molecule has 1 N–H and O–H groups in total. The van der Waals surface area contributed by atoms with E-state index in [4.69, 9.17) is 0 Å². The van der Waals surface area contributed by atoms with Crippen LogP contribution in [-0.2, 0) is 26.6 Å². The van der Waals surface area contributed by atoms with Gasteiger partial charge in [0.2, 0.25) is 0 Å². The molecule has 5 heteroatoms. The number of rotatable bonds is 7. The summed E-state index contributed by atoms with van der Waals surface area (Å²) in [4.78, 5) is 8.78. The molecule has 0 aliphatic heterocycles. The van der Waals surface area contributed by atoms with E-state index in [-0.39, 0.29) is 0 Å². The summed E-state index contributed by atoms with van der Waals surface area (Å²) in [7, 11) is 2.03. The molecule has 0 aliphatic carbocycles. The van der Waals surface area contributed by atoms with Gasteiger partial charge < -0.3 is 14.5 Å². The summed E-state index contributed by atoms with van der Waals surface area (Å²) in [6.45, 7) is 7.09. The van der Waals surface area contributed by atoms with Gasteiger partial charge in [0.25, 0.3) is 0 Å². The van der Waals surface area contributed by atoms with Crippen molar-refractivity contribution in [1.82, 2.24) is 24.4 Å². The quantitative estimate of drug-likeness (QED) is 0.771. The van der Waals surface area contributed by atoms with Gasteiger partial charge in [0, 0.05) is 45.1 Å². The zero-order valence-electron chi connectivity index (χ0n) is 12.1. The second-order valence-electron chi connectivity index (χ2n) is 4.83. The topological polar surface area (TPSA) is 47.7 Å². The maximum atomic E-state index is 4.41. The van der Waals surface area contributed by atoms with Crippen LogP contribution in [-0.4, -0.2) is 25.6 Å². The molecular formula is C14H23N5. The largest absolute Gasteiger partial charge is 0.338 e. The van der Waals surface area contributed by atoms with Crippen molar-refractivity contribution in [3.63, 3.8) is 0 Å². The first kappa shape index (κ1) is 13.8. The van der Waals surface area contributed by atoms with Gasteiger partial charge in [-0.25, -0.2) is 9.97 Å². The van der Waals surface area contributed by atoms with E-state index in [1.54, 1.807) is 0 Å². The summed E-state index contributed by atoms with van der Waals surface area (Å²) < 4.78 is 4.35. The Kier molecular flexibility index (Phi) is 4.74. The monoisotopic (exact) mass is 261 g/mol. The molecule has 0 aromatic carbocycles. The standard InChI is InChI=1S/C14H23N5/c1-4-6-15-10-13-11-17-12(2)19(13)8-5-14-16-7-9-18(14)3/h7,9,11,15H,4-6,8,10H2,1-3H3. The van der Waals surface area contributed by atoms with Gasteiger partial charge in [0.1, 0.15) is 11.6 Å². The Hall–Kier alpha value is -1.62. The molecule has 0 atom stereocenters. The third kappa shape index (κ3) is 3.44. The molecule has 5 nitrogen and oxygen atoms in total. The van der Waals surface area contributed by atoms with E-state index in [0.29, 0.717) is 0 Å². The van der Waals surface area contributed by atoms with E-state index in [9.17, 15) is 0 Å². The molecule has 19 heavy (non-hydrogen) atoms. The Morgan fingerprint density at radius 2 is 2.16 bits per heavy atom. The van der Waals surface area contributed by atoms with Crippen LogP contribution in [0.25, 0.3) is 0 Å². The number of hydrogen-bond donors (Lipinski definition) is 1. The fourth-order valence-electron chi connectivity index (χ4n) is 2.20. The third-order valence-electron chi connectivity index (χ3n) is 3.35. The highest BCUT2D eigenvalue weighted by atomic mass is 15.1. The number of hydrogen-bond acceptors (Lipinski definition) is 3. The summed E-state index contributed by atoms with van der Waals surface area (Å²) in [5, 5.41) is 3.43. The summed E-state index contributed by atoms with van der Waals surface area (Å²) in [6, 6.07) is 0. The van der Waals surface area contributed by atoms with Crippen molar-refractivity contribution in [2.24, 2.45) is 7.05 Å². The zero-order valence-corrected chi connectivity index (χ0v) is 12.1. The molecule has 0 unspecified atom stereocenters. The molecule has 104 valence electrons. The number of aromatic nitrogens is 4. The molecule has 0 bridgehead atoms. The predicted octanol–water partition coefficient (Wildman–Crippen LogP) is 1.67. The fourth-order valence-corrected chi connectivity index (χ4v) is 2.20. The van der Waals surface area contributed by atoms with E-state index >= 15 is 0 Å². The van der Waals surface area contributed by atoms with Crippen molar-refractivity contribution < 1.29 is 0 Å². The number of imidazole rings is 2. The molecule has 0 fully saturated rings. The van der Waals surface area contributed by atoms with Gasteiger partial charge in [-0.05, 0) is 19.9 Å². The molecule has 0 saturated heterocycles. The third-order valence-corrected chi connectivity index (χ3v) is 3.35. The van der Waals surface area contributed by atoms with E-state index in [0.717, 1.165) is 44.1 Å². The molecule has 2 aromatic heterocycles. The average molecular weight is 261 g/mol. The van der Waals surface area contributed by atoms with Gasteiger partial charge in [-0.15, -0.1) is 0 Å². The van der Waals surface area contributed by atoms with E-state index in [1.807, 2.05) is 25.6 Å². The lowest BCUT2D eigenvalue weighted by atomic mass is 10.3. The van der Waals surface area contributed by atoms with Crippen LogP contribution in [0.5, 0.6) is 0 Å². The molecule has 0 amide bonds. The Bertz CT molecular complexity index is 512. The first-order valence-corrected chi connectivity index (χ1v) is 6.90. The van der Waals surface area contributed by atoms with Gasteiger partial charge in [0.05, 0.1) is 5.69 Å². The summed E-state index contributed by atoms with van der Waals surface area (Å²) >= 11 is 0. The number of aryl methyl sites for hydroxylation is 3. The second-order valence-corrected chi connectivity index (χ2v) is 4.83. The van der Waals surface area contributed by atoms with Gasteiger partial charge in [-0.2, -0.15) is 0 Å². The minimum Gasteiger partial charge on any atom is -0.338 e. The Labute approximate surface area is 114 Å². The highest BCUT2D eigenvalue weighted by Gasteiger charge is 2.07. The maximum Gasteiger partial charge on any atom is 0.110 e. The van der Waals surface area contributed by atoms with Crippen molar-refractivity contribution >= 4 is 0 Å². The molecule has 0 aliphatic rings. The lowest BCUT2D eigenvalue weighted by molar-refractivity contribution is 0.580. The maximum absolute atomic E-state index is 4.41. The smallest absolute Gasteiger partial charge is 0.110 e. The molecule has 2 rings (SSSR count). The van der Waals surface area contributed by atoms with Gasteiger partial charge in [-0.3, -0.25) is 0 Å². The molecule has 0 saturated carbocycles. The molecule has 2 heterocycles. The van der Waals surface area contributed by atoms with Crippen LogP contribution in [0.3, 0.4) is 0 Å². The summed E-state index contributed by atoms with van der Waals surface area (Å²) in [6.07, 6.45) is 7.89. The lowest BCUT2D eigenvalue weighted by Gasteiger charge is -2.11.